The number of benzene rings is 2. The molecular formula is C25H38F2N2O2. The number of nitrogens with one attached hydrogen (secondary N) is 2. The summed E-state index contributed by atoms with van der Waals surface area (Å²) in [6.07, 6.45) is 2.75. The topological polar surface area (TPSA) is 50.4 Å². The molecule has 0 atom stereocenters. The Bertz CT molecular complexity index is 700. The third-order valence-electron chi connectivity index (χ3n) is 4.50. The van der Waals surface area contributed by atoms with Crippen LogP contribution in [0.3, 0.4) is 0 Å². The lowest BCUT2D eigenvalue weighted by atomic mass is 9.92. The summed E-state index contributed by atoms with van der Waals surface area (Å²) in [5.41, 5.74) is 3.24. The van der Waals surface area contributed by atoms with E-state index in [2.05, 4.69) is 60.4 Å². The predicted octanol–water partition coefficient (Wildman–Crippen LogP) is 5.14. The summed E-state index contributed by atoms with van der Waals surface area (Å²) in [7, 11) is 1.68. The molecule has 0 saturated carbocycles. The maximum atomic E-state index is 12.2. The summed E-state index contributed by atoms with van der Waals surface area (Å²) in [5.74, 6) is -1.04. The van der Waals surface area contributed by atoms with Crippen molar-refractivity contribution >= 4 is 6.41 Å². The van der Waals surface area contributed by atoms with Gasteiger partial charge in [-0.05, 0) is 75.9 Å². The van der Waals surface area contributed by atoms with E-state index in [9.17, 15) is 13.6 Å². The molecule has 4 nitrogen and oxygen atoms in total. The average molecular weight is 437 g/mol. The minimum absolute atomic E-state index is 0.0354. The molecule has 1 amide bonds. The molecule has 0 aliphatic carbocycles. The fourth-order valence-electron chi connectivity index (χ4n) is 2.62. The molecule has 31 heavy (non-hydrogen) atoms. The van der Waals surface area contributed by atoms with E-state index in [0.717, 1.165) is 45.0 Å². The smallest absolute Gasteiger partial charge is 0.207 e. The van der Waals surface area contributed by atoms with Gasteiger partial charge in [0.25, 0.3) is 0 Å². The van der Waals surface area contributed by atoms with Crippen LogP contribution in [0.25, 0.3) is 0 Å². The Morgan fingerprint density at radius 2 is 1.65 bits per heavy atom. The van der Waals surface area contributed by atoms with Crippen molar-refractivity contribution in [3.63, 3.8) is 0 Å². The monoisotopic (exact) mass is 436 g/mol. The van der Waals surface area contributed by atoms with Gasteiger partial charge in [0, 0.05) is 31.9 Å². The quantitative estimate of drug-likeness (QED) is 0.423. The van der Waals surface area contributed by atoms with Gasteiger partial charge in [-0.2, -0.15) is 0 Å². The summed E-state index contributed by atoms with van der Waals surface area (Å²) in [6, 6.07) is 12.1. The number of hydrogen-bond acceptors (Lipinski definition) is 3. The first-order valence-corrected chi connectivity index (χ1v) is 10.6. The molecule has 0 radical (unpaired) electrons. The molecule has 6 heteroatoms. The van der Waals surface area contributed by atoms with Crippen molar-refractivity contribution in [1.29, 1.82) is 0 Å². The molecule has 0 spiro atoms. The van der Waals surface area contributed by atoms with Crippen molar-refractivity contribution in [2.24, 2.45) is 0 Å². The second kappa shape index (κ2) is 16.4. The van der Waals surface area contributed by atoms with Crippen molar-refractivity contribution < 1.29 is 18.3 Å². The zero-order valence-electron chi connectivity index (χ0n) is 19.7. The highest BCUT2D eigenvalue weighted by Gasteiger charge is 2.19. The number of halogens is 2. The van der Waals surface area contributed by atoms with Gasteiger partial charge < -0.3 is 15.4 Å². The lowest BCUT2D eigenvalue weighted by molar-refractivity contribution is -0.109. The number of ether oxygens (including phenoxy) is 1. The molecule has 2 aromatic rings. The summed E-state index contributed by atoms with van der Waals surface area (Å²) in [6.45, 7) is 12.6. The SMILES string of the molecule is CCOC.CCc1cccc(C(C)(C)NCCCNC=O)c1.Cc1cc(F)cc(F)c1. The number of aryl methyl sites for hydroxylation is 2. The number of amides is 1. The zero-order valence-corrected chi connectivity index (χ0v) is 19.7. The molecule has 0 aromatic heterocycles. The Hall–Kier alpha value is -2.31. The van der Waals surface area contributed by atoms with Gasteiger partial charge in [-0.15, -0.1) is 0 Å². The summed E-state index contributed by atoms with van der Waals surface area (Å²) >= 11 is 0. The van der Waals surface area contributed by atoms with Crippen LogP contribution in [0.1, 0.15) is 50.8 Å². The zero-order chi connectivity index (χ0) is 23.7. The maximum absolute atomic E-state index is 12.2. The third-order valence-corrected chi connectivity index (χ3v) is 4.50. The lowest BCUT2D eigenvalue weighted by Crippen LogP contribution is -2.38. The van der Waals surface area contributed by atoms with Crippen LogP contribution in [0.2, 0.25) is 0 Å². The molecule has 2 N–H and O–H groups in total. The van der Waals surface area contributed by atoms with E-state index < -0.39 is 11.6 Å². The molecule has 0 saturated heterocycles. The van der Waals surface area contributed by atoms with Gasteiger partial charge in [0.1, 0.15) is 11.6 Å². The first-order chi connectivity index (χ1) is 14.7. The molecule has 174 valence electrons. The second-order valence-corrected chi connectivity index (χ2v) is 7.56. The minimum Gasteiger partial charge on any atom is -0.385 e. The van der Waals surface area contributed by atoms with Crippen LogP contribution in [-0.2, 0) is 21.5 Å². The van der Waals surface area contributed by atoms with Gasteiger partial charge in [-0.1, -0.05) is 31.2 Å². The molecule has 0 aliphatic heterocycles. The van der Waals surface area contributed by atoms with Crippen LogP contribution in [0.4, 0.5) is 8.78 Å². The number of hydrogen-bond donors (Lipinski definition) is 2. The van der Waals surface area contributed by atoms with Gasteiger partial charge in [-0.3, -0.25) is 4.79 Å². The molecule has 0 aliphatic rings. The van der Waals surface area contributed by atoms with Crippen LogP contribution in [0.15, 0.2) is 42.5 Å². The summed E-state index contributed by atoms with van der Waals surface area (Å²) in [4.78, 5) is 10.1. The minimum atomic E-state index is -0.521. The van der Waals surface area contributed by atoms with Gasteiger partial charge in [0.15, 0.2) is 0 Å². The Morgan fingerprint density at radius 1 is 1.03 bits per heavy atom. The first kappa shape index (κ1) is 28.7. The Morgan fingerprint density at radius 3 is 2.13 bits per heavy atom. The van der Waals surface area contributed by atoms with E-state index >= 15 is 0 Å². The van der Waals surface area contributed by atoms with Crippen LogP contribution in [0.5, 0.6) is 0 Å². The molecule has 0 heterocycles. The number of rotatable bonds is 9. The van der Waals surface area contributed by atoms with E-state index in [-0.39, 0.29) is 5.54 Å². The standard InChI is InChI=1S/C15H24N2O.C7H6F2.C3H8O/c1-4-13-7-5-8-14(11-13)15(2,3)17-10-6-9-16-12-18;1-5-2-6(8)4-7(9)3-5;1-3-4-2/h5,7-8,11-12,17H,4,6,9-10H2,1-3H3,(H,16,18);2-4H,1H3;3H2,1-2H3. The summed E-state index contributed by atoms with van der Waals surface area (Å²) in [5, 5.41) is 6.20. The number of carbonyl (C=O) groups is 1. The fraction of sp³-hybridized carbons (Fsp3) is 0.480. The third kappa shape index (κ3) is 13.6. The van der Waals surface area contributed by atoms with Crippen LogP contribution < -0.4 is 10.6 Å². The fourth-order valence-corrected chi connectivity index (χ4v) is 2.62. The van der Waals surface area contributed by atoms with Crippen LogP contribution in [-0.4, -0.2) is 33.2 Å². The average Bonchev–Trinajstić information content (AvgIpc) is 2.73. The highest BCUT2D eigenvalue weighted by molar-refractivity contribution is 5.45. The van der Waals surface area contributed by atoms with Gasteiger partial charge in [-0.25, -0.2) is 8.78 Å². The largest absolute Gasteiger partial charge is 0.385 e. The van der Waals surface area contributed by atoms with Crippen molar-refractivity contribution in [3.05, 3.63) is 70.8 Å². The van der Waals surface area contributed by atoms with Crippen LogP contribution in [0, 0.1) is 18.6 Å². The van der Waals surface area contributed by atoms with E-state index in [1.54, 1.807) is 14.0 Å². The van der Waals surface area contributed by atoms with Gasteiger partial charge >= 0.3 is 0 Å². The number of methoxy groups -OCH3 is 1. The predicted molar refractivity (Wildman–Crippen MR) is 124 cm³/mol. The Kier molecular flexibility index (Phi) is 15.2. The van der Waals surface area contributed by atoms with E-state index in [1.807, 2.05) is 6.92 Å². The Balaban J connectivity index is 0.000000571. The number of carbonyl (C=O) groups excluding carboxylic acids is 1. The first-order valence-electron chi connectivity index (χ1n) is 10.6. The normalized spacial score (nSPS) is 10.3. The molecule has 0 unspecified atom stereocenters. The van der Waals surface area contributed by atoms with Gasteiger partial charge in [0.2, 0.25) is 6.41 Å². The Labute approximate surface area is 186 Å². The molecule has 2 aromatic carbocycles. The van der Waals surface area contributed by atoms with E-state index in [0.29, 0.717) is 5.56 Å². The van der Waals surface area contributed by atoms with Crippen molar-refractivity contribution in [2.45, 2.75) is 53.0 Å². The molecule has 0 fully saturated rings. The highest BCUT2D eigenvalue weighted by Crippen LogP contribution is 2.21. The highest BCUT2D eigenvalue weighted by atomic mass is 19.1. The van der Waals surface area contributed by atoms with Crippen molar-refractivity contribution in [2.75, 3.05) is 26.8 Å². The van der Waals surface area contributed by atoms with Crippen LogP contribution >= 0.6 is 0 Å². The van der Waals surface area contributed by atoms with Crippen molar-refractivity contribution in [3.8, 4) is 0 Å². The second-order valence-electron chi connectivity index (χ2n) is 7.56. The molecule has 2 rings (SSSR count). The van der Waals surface area contributed by atoms with E-state index in [1.165, 1.54) is 23.3 Å². The summed E-state index contributed by atoms with van der Waals surface area (Å²) < 4.78 is 28.9. The molecule has 0 bridgehead atoms. The van der Waals surface area contributed by atoms with Crippen molar-refractivity contribution in [1.82, 2.24) is 10.6 Å². The lowest BCUT2D eigenvalue weighted by Gasteiger charge is -2.27. The maximum Gasteiger partial charge on any atom is 0.207 e. The molecular weight excluding hydrogens is 398 g/mol. The van der Waals surface area contributed by atoms with Gasteiger partial charge in [0.05, 0.1) is 0 Å². The van der Waals surface area contributed by atoms with E-state index in [4.69, 9.17) is 0 Å².